The number of hydrogen-bond donors (Lipinski definition) is 1. The smallest absolute Gasteiger partial charge is 0.0338 e. The van der Waals surface area contributed by atoms with Crippen LogP contribution in [-0.4, -0.2) is 0 Å². The largest absolute Gasteiger partial charge is 0.359 e. The van der Waals surface area contributed by atoms with Crippen LogP contribution in [0, 0.1) is 5.92 Å². The minimum atomic E-state index is 0.631. The van der Waals surface area contributed by atoms with Crippen LogP contribution in [-0.2, 0) is 0 Å². The molecule has 0 fully saturated rings. The molecule has 0 amide bonds. The summed E-state index contributed by atoms with van der Waals surface area (Å²) in [6.07, 6.45) is 13.9. The van der Waals surface area contributed by atoms with E-state index in [1.54, 1.807) is 0 Å². The average Bonchev–Trinajstić information content (AvgIpc) is 2.30. The fraction of sp³-hybridized carbons (Fsp3) is 0.600. The Hall–Kier alpha value is -0.980. The van der Waals surface area contributed by atoms with Crippen LogP contribution in [0.3, 0.4) is 0 Å². The van der Waals surface area contributed by atoms with Crippen molar-refractivity contribution in [1.82, 2.24) is 5.32 Å². The van der Waals surface area contributed by atoms with E-state index in [2.05, 4.69) is 44.0 Å². The van der Waals surface area contributed by atoms with Crippen LogP contribution in [0.15, 0.2) is 36.2 Å². The summed E-state index contributed by atoms with van der Waals surface area (Å²) in [5.41, 5.74) is 2.43. The summed E-state index contributed by atoms with van der Waals surface area (Å²) in [5, 5.41) is 3.47. The number of allylic oxidation sites excluding steroid dienone is 4. The van der Waals surface area contributed by atoms with E-state index in [1.165, 1.54) is 43.5 Å². The predicted octanol–water partition coefficient (Wildman–Crippen LogP) is 4.54. The maximum absolute atomic E-state index is 4.20. The van der Waals surface area contributed by atoms with E-state index in [0.29, 0.717) is 5.92 Å². The predicted molar refractivity (Wildman–Crippen MR) is 72.0 cm³/mol. The Morgan fingerprint density at radius 1 is 1.31 bits per heavy atom. The highest BCUT2D eigenvalue weighted by Crippen LogP contribution is 2.21. The van der Waals surface area contributed by atoms with Gasteiger partial charge in [-0.3, -0.25) is 0 Å². The van der Waals surface area contributed by atoms with Crippen molar-refractivity contribution in [2.24, 2.45) is 5.92 Å². The Balaban J connectivity index is 2.47. The Bertz CT molecular complexity index is 267. The third-order valence-electron chi connectivity index (χ3n) is 3.07. The molecule has 0 spiro atoms. The highest BCUT2D eigenvalue weighted by Gasteiger charge is 2.11. The van der Waals surface area contributed by atoms with E-state index < -0.39 is 0 Å². The molecule has 0 saturated heterocycles. The van der Waals surface area contributed by atoms with E-state index in [0.717, 1.165) is 6.42 Å². The van der Waals surface area contributed by atoms with Gasteiger partial charge in [0.2, 0.25) is 0 Å². The van der Waals surface area contributed by atoms with E-state index >= 15 is 0 Å². The Morgan fingerprint density at radius 2 is 2.00 bits per heavy atom. The van der Waals surface area contributed by atoms with Crippen molar-refractivity contribution in [3.63, 3.8) is 0 Å². The molecule has 0 heterocycles. The molecule has 0 radical (unpaired) electrons. The molecule has 0 atom stereocenters. The van der Waals surface area contributed by atoms with Crippen molar-refractivity contribution in [3.05, 3.63) is 36.2 Å². The molecule has 1 heteroatoms. The van der Waals surface area contributed by atoms with Crippen LogP contribution >= 0.6 is 0 Å². The molecule has 0 saturated carbocycles. The van der Waals surface area contributed by atoms with Crippen LogP contribution < -0.4 is 5.32 Å². The second-order valence-corrected chi connectivity index (χ2v) is 4.56. The molecule has 0 bridgehead atoms. The Labute approximate surface area is 100 Å². The normalized spacial score (nSPS) is 15.1. The molecule has 0 aromatic heterocycles. The summed E-state index contributed by atoms with van der Waals surface area (Å²) in [5.74, 6) is 0.631. The molecule has 1 aliphatic carbocycles. The Kier molecular flexibility index (Phi) is 5.99. The van der Waals surface area contributed by atoms with Crippen molar-refractivity contribution in [2.45, 2.75) is 52.4 Å². The fourth-order valence-electron chi connectivity index (χ4n) is 2.18. The van der Waals surface area contributed by atoms with Crippen LogP contribution in [0.4, 0.5) is 0 Å². The maximum atomic E-state index is 4.20. The molecule has 1 nitrogen and oxygen atoms in total. The van der Waals surface area contributed by atoms with Gasteiger partial charge in [-0.1, -0.05) is 45.4 Å². The molecule has 1 rings (SSSR count). The quantitative estimate of drug-likeness (QED) is 0.663. The molecule has 1 N–H and O–H groups in total. The zero-order valence-corrected chi connectivity index (χ0v) is 10.8. The molecule has 0 aromatic rings. The van der Waals surface area contributed by atoms with Gasteiger partial charge < -0.3 is 5.32 Å². The topological polar surface area (TPSA) is 12.0 Å². The second-order valence-electron chi connectivity index (χ2n) is 4.56. The van der Waals surface area contributed by atoms with Gasteiger partial charge in [0.15, 0.2) is 0 Å². The zero-order valence-electron chi connectivity index (χ0n) is 10.8. The van der Waals surface area contributed by atoms with Gasteiger partial charge in [0, 0.05) is 11.4 Å². The van der Waals surface area contributed by atoms with Gasteiger partial charge in [0.05, 0.1) is 0 Å². The summed E-state index contributed by atoms with van der Waals surface area (Å²) >= 11 is 0. The third-order valence-corrected chi connectivity index (χ3v) is 3.07. The molecular weight excluding hydrogens is 194 g/mol. The summed E-state index contributed by atoms with van der Waals surface area (Å²) in [6, 6.07) is 0. The van der Waals surface area contributed by atoms with Crippen molar-refractivity contribution in [3.8, 4) is 0 Å². The van der Waals surface area contributed by atoms with Crippen LogP contribution in [0.2, 0.25) is 0 Å². The first-order chi connectivity index (χ1) is 7.77. The van der Waals surface area contributed by atoms with Gasteiger partial charge >= 0.3 is 0 Å². The minimum Gasteiger partial charge on any atom is -0.359 e. The Morgan fingerprint density at radius 3 is 2.50 bits per heavy atom. The van der Waals surface area contributed by atoms with Crippen molar-refractivity contribution in [2.75, 3.05) is 0 Å². The van der Waals surface area contributed by atoms with Crippen LogP contribution in [0.1, 0.15) is 52.4 Å². The SMILES string of the molecule is C=C(NC1=CCCC=C1)C(CCC)CCC. The highest BCUT2D eigenvalue weighted by molar-refractivity contribution is 5.24. The molecule has 0 aromatic carbocycles. The van der Waals surface area contributed by atoms with Crippen LogP contribution in [0.25, 0.3) is 0 Å². The van der Waals surface area contributed by atoms with Crippen molar-refractivity contribution >= 4 is 0 Å². The van der Waals surface area contributed by atoms with Gasteiger partial charge in [-0.15, -0.1) is 0 Å². The van der Waals surface area contributed by atoms with Crippen molar-refractivity contribution < 1.29 is 0 Å². The van der Waals surface area contributed by atoms with E-state index in [9.17, 15) is 0 Å². The first-order valence-electron chi connectivity index (χ1n) is 6.60. The maximum Gasteiger partial charge on any atom is 0.0338 e. The standard InChI is InChI=1S/C15H25N/c1-4-9-14(10-5-2)13(3)16-15-11-7-6-8-12-15/h7,11-12,14,16H,3-6,8-10H2,1-2H3. The summed E-state index contributed by atoms with van der Waals surface area (Å²) in [7, 11) is 0. The first-order valence-corrected chi connectivity index (χ1v) is 6.60. The summed E-state index contributed by atoms with van der Waals surface area (Å²) < 4.78 is 0. The van der Waals surface area contributed by atoms with E-state index in [4.69, 9.17) is 0 Å². The molecular formula is C15H25N. The van der Waals surface area contributed by atoms with Gasteiger partial charge in [-0.2, -0.15) is 0 Å². The number of nitrogens with one attached hydrogen (secondary N) is 1. The second kappa shape index (κ2) is 7.32. The van der Waals surface area contributed by atoms with Gasteiger partial charge in [0.1, 0.15) is 0 Å². The van der Waals surface area contributed by atoms with E-state index in [1.807, 2.05) is 0 Å². The summed E-state index contributed by atoms with van der Waals surface area (Å²) in [4.78, 5) is 0. The average molecular weight is 219 g/mol. The fourth-order valence-corrected chi connectivity index (χ4v) is 2.18. The van der Waals surface area contributed by atoms with Crippen LogP contribution in [0.5, 0.6) is 0 Å². The lowest BCUT2D eigenvalue weighted by Gasteiger charge is -2.21. The third kappa shape index (κ3) is 4.26. The lowest BCUT2D eigenvalue weighted by Crippen LogP contribution is -2.19. The monoisotopic (exact) mass is 219 g/mol. The number of rotatable bonds is 7. The zero-order chi connectivity index (χ0) is 11.8. The lowest BCUT2D eigenvalue weighted by molar-refractivity contribution is 0.485. The molecule has 0 unspecified atom stereocenters. The molecule has 90 valence electrons. The molecule has 16 heavy (non-hydrogen) atoms. The minimum absolute atomic E-state index is 0.631. The lowest BCUT2D eigenvalue weighted by atomic mass is 9.95. The van der Waals surface area contributed by atoms with Crippen molar-refractivity contribution in [1.29, 1.82) is 0 Å². The van der Waals surface area contributed by atoms with E-state index in [-0.39, 0.29) is 0 Å². The van der Waals surface area contributed by atoms with Gasteiger partial charge in [-0.05, 0) is 37.7 Å². The summed E-state index contributed by atoms with van der Waals surface area (Å²) in [6.45, 7) is 8.69. The molecule has 1 aliphatic rings. The number of hydrogen-bond acceptors (Lipinski definition) is 1. The first kappa shape index (κ1) is 13.1. The van der Waals surface area contributed by atoms with Gasteiger partial charge in [0.25, 0.3) is 0 Å². The highest BCUT2D eigenvalue weighted by atomic mass is 14.9. The molecule has 0 aliphatic heterocycles. The van der Waals surface area contributed by atoms with Gasteiger partial charge in [-0.25, -0.2) is 0 Å².